The Morgan fingerprint density at radius 1 is 1.30 bits per heavy atom. The average Bonchev–Trinajstić information content (AvgIpc) is 2.42. The molecule has 0 unspecified atom stereocenters. The number of carbonyl (C=O) groups excluding carboxylic acids is 1. The van der Waals surface area contributed by atoms with Crippen LogP contribution < -0.4 is 15.4 Å². The van der Waals surface area contributed by atoms with E-state index in [1.165, 1.54) is 0 Å². The number of amides is 1. The minimum Gasteiger partial charge on any atom is -0.491 e. The lowest BCUT2D eigenvalue weighted by Crippen LogP contribution is -2.34. The van der Waals surface area contributed by atoms with Crippen LogP contribution in [0.25, 0.3) is 0 Å². The quantitative estimate of drug-likeness (QED) is 0.670. The molecule has 0 aliphatic heterocycles. The largest absolute Gasteiger partial charge is 0.491 e. The van der Waals surface area contributed by atoms with Crippen molar-refractivity contribution in [2.75, 3.05) is 26.8 Å². The Morgan fingerprint density at radius 2 is 2.05 bits per heavy atom. The summed E-state index contributed by atoms with van der Waals surface area (Å²) < 4.78 is 10.6. The molecule has 1 aromatic carbocycles. The van der Waals surface area contributed by atoms with Crippen molar-refractivity contribution < 1.29 is 14.3 Å². The van der Waals surface area contributed by atoms with Crippen molar-refractivity contribution in [2.45, 2.75) is 26.5 Å². The van der Waals surface area contributed by atoms with Crippen LogP contribution in [-0.4, -0.2) is 38.8 Å². The van der Waals surface area contributed by atoms with E-state index < -0.39 is 0 Å². The van der Waals surface area contributed by atoms with Gasteiger partial charge in [-0.2, -0.15) is 0 Å². The van der Waals surface area contributed by atoms with Crippen LogP contribution in [0.3, 0.4) is 0 Å². The molecule has 20 heavy (non-hydrogen) atoms. The molecule has 0 atom stereocenters. The Balaban J connectivity index is 2.39. The summed E-state index contributed by atoms with van der Waals surface area (Å²) in [5.41, 5.74) is 0.978. The third-order valence-electron chi connectivity index (χ3n) is 2.58. The lowest BCUT2D eigenvalue weighted by atomic mass is 10.2. The van der Waals surface area contributed by atoms with Crippen molar-refractivity contribution in [3.63, 3.8) is 0 Å². The fourth-order valence-electron chi connectivity index (χ4n) is 1.65. The SMILES string of the molecule is COCCNCC(=O)NCc1ccccc1OC(C)C. The van der Waals surface area contributed by atoms with Crippen molar-refractivity contribution in [3.05, 3.63) is 29.8 Å². The highest BCUT2D eigenvalue weighted by Crippen LogP contribution is 2.18. The van der Waals surface area contributed by atoms with E-state index in [1.54, 1.807) is 7.11 Å². The molecule has 5 heteroatoms. The molecule has 1 aromatic rings. The highest BCUT2D eigenvalue weighted by Gasteiger charge is 2.06. The van der Waals surface area contributed by atoms with Gasteiger partial charge in [0.2, 0.25) is 5.91 Å². The normalized spacial score (nSPS) is 10.6. The van der Waals surface area contributed by atoms with Gasteiger partial charge in [-0.1, -0.05) is 18.2 Å². The maximum absolute atomic E-state index is 11.7. The number of rotatable bonds is 9. The van der Waals surface area contributed by atoms with Gasteiger partial charge in [0.15, 0.2) is 0 Å². The highest BCUT2D eigenvalue weighted by atomic mass is 16.5. The molecule has 1 rings (SSSR count). The molecule has 0 bridgehead atoms. The van der Waals surface area contributed by atoms with Crippen LogP contribution in [0.5, 0.6) is 5.75 Å². The number of para-hydroxylation sites is 1. The van der Waals surface area contributed by atoms with E-state index in [1.807, 2.05) is 38.1 Å². The summed E-state index contributed by atoms with van der Waals surface area (Å²) >= 11 is 0. The van der Waals surface area contributed by atoms with Crippen LogP contribution in [0.4, 0.5) is 0 Å². The van der Waals surface area contributed by atoms with E-state index in [9.17, 15) is 4.79 Å². The summed E-state index contributed by atoms with van der Waals surface area (Å²) in [4.78, 5) is 11.7. The van der Waals surface area contributed by atoms with E-state index in [0.29, 0.717) is 19.7 Å². The van der Waals surface area contributed by atoms with Crippen molar-refractivity contribution in [1.29, 1.82) is 0 Å². The average molecular weight is 280 g/mol. The maximum atomic E-state index is 11.7. The number of hydrogen-bond donors (Lipinski definition) is 2. The van der Waals surface area contributed by atoms with Gasteiger partial charge in [0.25, 0.3) is 0 Å². The first-order chi connectivity index (χ1) is 9.63. The molecule has 0 saturated carbocycles. The molecule has 2 N–H and O–H groups in total. The minimum atomic E-state index is -0.0412. The van der Waals surface area contributed by atoms with Crippen molar-refractivity contribution >= 4 is 5.91 Å². The summed E-state index contributed by atoms with van der Waals surface area (Å²) in [6, 6.07) is 7.73. The number of benzene rings is 1. The van der Waals surface area contributed by atoms with Crippen LogP contribution in [0, 0.1) is 0 Å². The Bertz CT molecular complexity index is 408. The second kappa shape index (κ2) is 9.34. The number of methoxy groups -OCH3 is 1. The molecule has 0 aromatic heterocycles. The second-order valence-corrected chi connectivity index (χ2v) is 4.72. The Morgan fingerprint density at radius 3 is 2.75 bits per heavy atom. The summed E-state index contributed by atoms with van der Waals surface area (Å²) in [5.74, 6) is 0.774. The molecule has 112 valence electrons. The third kappa shape index (κ3) is 6.54. The molecule has 5 nitrogen and oxygen atoms in total. The molecule has 0 aliphatic rings. The van der Waals surface area contributed by atoms with Crippen molar-refractivity contribution in [1.82, 2.24) is 10.6 Å². The lowest BCUT2D eigenvalue weighted by molar-refractivity contribution is -0.120. The van der Waals surface area contributed by atoms with Crippen LogP contribution in [0.2, 0.25) is 0 Å². The van der Waals surface area contributed by atoms with Gasteiger partial charge in [-0.25, -0.2) is 0 Å². The van der Waals surface area contributed by atoms with E-state index >= 15 is 0 Å². The summed E-state index contributed by atoms with van der Waals surface area (Å²) in [7, 11) is 1.63. The van der Waals surface area contributed by atoms with E-state index in [2.05, 4.69) is 10.6 Å². The molecular formula is C15H24N2O3. The van der Waals surface area contributed by atoms with Crippen molar-refractivity contribution in [3.8, 4) is 5.75 Å². The molecule has 0 spiro atoms. The van der Waals surface area contributed by atoms with Crippen LogP contribution in [0.1, 0.15) is 19.4 Å². The van der Waals surface area contributed by atoms with E-state index in [-0.39, 0.29) is 18.6 Å². The Kier molecular flexibility index (Phi) is 7.69. The monoisotopic (exact) mass is 280 g/mol. The first kappa shape index (κ1) is 16.5. The first-order valence-corrected chi connectivity index (χ1v) is 6.84. The predicted molar refractivity (Wildman–Crippen MR) is 78.8 cm³/mol. The minimum absolute atomic E-state index is 0.0412. The zero-order valence-electron chi connectivity index (χ0n) is 12.4. The Labute approximate surface area is 120 Å². The van der Waals surface area contributed by atoms with Crippen molar-refractivity contribution in [2.24, 2.45) is 0 Å². The number of nitrogens with one attached hydrogen (secondary N) is 2. The molecule has 0 heterocycles. The Hall–Kier alpha value is -1.59. The number of hydrogen-bond acceptors (Lipinski definition) is 4. The molecule has 0 fully saturated rings. The third-order valence-corrected chi connectivity index (χ3v) is 2.58. The van der Waals surface area contributed by atoms with Gasteiger partial charge in [-0.05, 0) is 19.9 Å². The topological polar surface area (TPSA) is 59.6 Å². The van der Waals surface area contributed by atoms with Gasteiger partial charge in [-0.15, -0.1) is 0 Å². The standard InChI is InChI=1S/C15H24N2O3/c1-12(2)20-14-7-5-4-6-13(14)10-17-15(18)11-16-8-9-19-3/h4-7,12,16H,8-11H2,1-3H3,(H,17,18). The van der Waals surface area contributed by atoms with Gasteiger partial charge in [0, 0.05) is 25.8 Å². The predicted octanol–water partition coefficient (Wildman–Crippen LogP) is 1.33. The smallest absolute Gasteiger partial charge is 0.234 e. The fraction of sp³-hybridized carbons (Fsp3) is 0.533. The molecule has 1 amide bonds. The second-order valence-electron chi connectivity index (χ2n) is 4.72. The fourth-order valence-corrected chi connectivity index (χ4v) is 1.65. The van der Waals surface area contributed by atoms with E-state index in [0.717, 1.165) is 11.3 Å². The maximum Gasteiger partial charge on any atom is 0.234 e. The van der Waals surface area contributed by atoms with Gasteiger partial charge in [0.05, 0.1) is 19.3 Å². The molecular weight excluding hydrogens is 256 g/mol. The van der Waals surface area contributed by atoms with Crippen LogP contribution in [0.15, 0.2) is 24.3 Å². The summed E-state index contributed by atoms with van der Waals surface area (Å²) in [6.45, 7) is 5.98. The molecule has 0 aliphatic carbocycles. The van der Waals surface area contributed by atoms with Gasteiger partial charge < -0.3 is 20.1 Å². The van der Waals surface area contributed by atoms with E-state index in [4.69, 9.17) is 9.47 Å². The zero-order chi connectivity index (χ0) is 14.8. The number of ether oxygens (including phenoxy) is 2. The summed E-state index contributed by atoms with van der Waals surface area (Å²) in [5, 5.41) is 5.87. The number of carbonyl (C=O) groups is 1. The lowest BCUT2D eigenvalue weighted by Gasteiger charge is -2.14. The zero-order valence-corrected chi connectivity index (χ0v) is 12.4. The highest BCUT2D eigenvalue weighted by molar-refractivity contribution is 5.78. The molecule has 0 saturated heterocycles. The van der Waals surface area contributed by atoms with Gasteiger partial charge >= 0.3 is 0 Å². The first-order valence-electron chi connectivity index (χ1n) is 6.84. The summed E-state index contributed by atoms with van der Waals surface area (Å²) in [6.07, 6.45) is 0.113. The molecule has 0 radical (unpaired) electrons. The van der Waals surface area contributed by atoms with Crippen LogP contribution >= 0.6 is 0 Å². The van der Waals surface area contributed by atoms with Gasteiger partial charge in [0.1, 0.15) is 5.75 Å². The van der Waals surface area contributed by atoms with Gasteiger partial charge in [-0.3, -0.25) is 4.79 Å². The van der Waals surface area contributed by atoms with Crippen LogP contribution in [-0.2, 0) is 16.1 Å².